The van der Waals surface area contributed by atoms with Crippen molar-refractivity contribution < 1.29 is 0 Å². The second-order valence-corrected chi connectivity index (χ2v) is 4.95. The van der Waals surface area contributed by atoms with E-state index in [1.54, 1.807) is 0 Å². The third kappa shape index (κ3) is 4.34. The van der Waals surface area contributed by atoms with E-state index in [-0.39, 0.29) is 0 Å². The molecule has 102 valence electrons. The molecule has 0 aromatic heterocycles. The Morgan fingerprint density at radius 3 is 2.53 bits per heavy atom. The first-order chi connectivity index (χ1) is 9.42. The van der Waals surface area contributed by atoms with E-state index >= 15 is 0 Å². The molecule has 2 aromatic carbocycles. The Morgan fingerprint density at radius 2 is 1.63 bits per heavy atom. The van der Waals surface area contributed by atoms with E-state index in [4.69, 9.17) is 0 Å². The van der Waals surface area contributed by atoms with Crippen molar-refractivity contribution in [3.63, 3.8) is 0 Å². The van der Waals surface area contributed by atoms with Crippen molar-refractivity contribution in [2.45, 2.75) is 19.3 Å². The molecule has 0 atom stereocenters. The Bertz CT molecular complexity index is 488. The minimum absolute atomic E-state index is 1.06. The van der Waals surface area contributed by atoms with Gasteiger partial charge in [-0.25, -0.2) is 0 Å². The number of nitrogens with one attached hydrogen (secondary N) is 2. The molecule has 0 heterocycles. The van der Waals surface area contributed by atoms with E-state index < -0.39 is 0 Å². The molecule has 2 N–H and O–H groups in total. The minimum atomic E-state index is 1.06. The zero-order valence-electron chi connectivity index (χ0n) is 11.8. The van der Waals surface area contributed by atoms with Crippen LogP contribution in [0, 0.1) is 0 Å². The number of unbranched alkanes of at least 4 members (excludes halogenated alkanes) is 1. The third-order valence-corrected chi connectivity index (χ3v) is 3.48. The molecule has 0 fully saturated rings. The largest absolute Gasteiger partial charge is 0.320 e. The number of benzene rings is 2. The van der Waals surface area contributed by atoms with E-state index in [9.17, 15) is 0 Å². The normalized spacial score (nSPS) is 11.0. The van der Waals surface area contributed by atoms with Gasteiger partial charge in [-0.15, -0.1) is 0 Å². The van der Waals surface area contributed by atoms with Gasteiger partial charge in [0.15, 0.2) is 0 Å². The minimum Gasteiger partial charge on any atom is -0.320 e. The molecular weight excluding hydrogens is 232 g/mol. The molecule has 0 saturated carbocycles. The van der Waals surface area contributed by atoms with Crippen molar-refractivity contribution in [1.29, 1.82) is 0 Å². The van der Waals surface area contributed by atoms with Crippen LogP contribution in [0.5, 0.6) is 0 Å². The Labute approximate surface area is 116 Å². The monoisotopic (exact) mass is 256 g/mol. The van der Waals surface area contributed by atoms with Crippen LogP contribution in [0.2, 0.25) is 0 Å². The van der Waals surface area contributed by atoms with Crippen molar-refractivity contribution in [1.82, 2.24) is 10.6 Å². The summed E-state index contributed by atoms with van der Waals surface area (Å²) in [6.07, 6.45) is 3.60. The van der Waals surface area contributed by atoms with Gasteiger partial charge in [0.05, 0.1) is 0 Å². The standard InChI is InChI=1S/C17H24N2/c1-18-12-4-5-13-19-14-11-16-9-6-8-15-7-2-3-10-17(15)16/h2-3,6-10,18-19H,4-5,11-14H2,1H3. The number of rotatable bonds is 8. The fourth-order valence-electron chi connectivity index (χ4n) is 2.41. The van der Waals surface area contributed by atoms with Crippen LogP contribution < -0.4 is 10.6 Å². The first-order valence-electron chi connectivity index (χ1n) is 7.24. The van der Waals surface area contributed by atoms with E-state index in [0.717, 1.165) is 26.1 Å². The van der Waals surface area contributed by atoms with E-state index in [2.05, 4.69) is 53.1 Å². The maximum Gasteiger partial charge on any atom is -0.000813 e. The lowest BCUT2D eigenvalue weighted by atomic mass is 10.0. The predicted molar refractivity (Wildman–Crippen MR) is 83.7 cm³/mol. The zero-order chi connectivity index (χ0) is 13.3. The fourth-order valence-corrected chi connectivity index (χ4v) is 2.41. The van der Waals surface area contributed by atoms with Crippen LogP contribution in [-0.2, 0) is 6.42 Å². The summed E-state index contributed by atoms with van der Waals surface area (Å²) >= 11 is 0. The third-order valence-electron chi connectivity index (χ3n) is 3.48. The summed E-state index contributed by atoms with van der Waals surface area (Å²) in [5.41, 5.74) is 1.45. The molecule has 0 aliphatic heterocycles. The Kier molecular flexibility index (Phi) is 5.86. The molecule has 0 aliphatic carbocycles. The molecule has 0 unspecified atom stereocenters. The number of hydrogen-bond donors (Lipinski definition) is 2. The molecule has 19 heavy (non-hydrogen) atoms. The predicted octanol–water partition coefficient (Wildman–Crippen LogP) is 2.97. The average molecular weight is 256 g/mol. The molecule has 2 nitrogen and oxygen atoms in total. The van der Waals surface area contributed by atoms with Gasteiger partial charge in [0.25, 0.3) is 0 Å². The van der Waals surface area contributed by atoms with Crippen LogP contribution in [0.15, 0.2) is 42.5 Å². The van der Waals surface area contributed by atoms with Crippen LogP contribution in [-0.4, -0.2) is 26.7 Å². The summed E-state index contributed by atoms with van der Waals surface area (Å²) in [5, 5.41) is 9.44. The summed E-state index contributed by atoms with van der Waals surface area (Å²) < 4.78 is 0. The topological polar surface area (TPSA) is 24.1 Å². The Balaban J connectivity index is 1.78. The van der Waals surface area contributed by atoms with Crippen molar-refractivity contribution >= 4 is 10.8 Å². The molecule has 0 amide bonds. The van der Waals surface area contributed by atoms with Gasteiger partial charge < -0.3 is 10.6 Å². The molecule has 2 rings (SSSR count). The van der Waals surface area contributed by atoms with Gasteiger partial charge >= 0.3 is 0 Å². The van der Waals surface area contributed by atoms with Crippen LogP contribution >= 0.6 is 0 Å². The van der Waals surface area contributed by atoms with Gasteiger partial charge in [-0.05, 0) is 62.3 Å². The zero-order valence-corrected chi connectivity index (χ0v) is 11.8. The van der Waals surface area contributed by atoms with Crippen molar-refractivity contribution in [3.8, 4) is 0 Å². The van der Waals surface area contributed by atoms with Gasteiger partial charge in [0.2, 0.25) is 0 Å². The van der Waals surface area contributed by atoms with Gasteiger partial charge in [0.1, 0.15) is 0 Å². The molecule has 0 spiro atoms. The van der Waals surface area contributed by atoms with E-state index in [1.807, 2.05) is 7.05 Å². The summed E-state index contributed by atoms with van der Waals surface area (Å²) in [4.78, 5) is 0. The van der Waals surface area contributed by atoms with Crippen molar-refractivity contribution in [2.75, 3.05) is 26.7 Å². The first kappa shape index (κ1) is 14.0. The Hall–Kier alpha value is -1.38. The Morgan fingerprint density at radius 1 is 0.842 bits per heavy atom. The second kappa shape index (κ2) is 7.93. The second-order valence-electron chi connectivity index (χ2n) is 4.95. The van der Waals surface area contributed by atoms with Gasteiger partial charge in [0, 0.05) is 0 Å². The van der Waals surface area contributed by atoms with Gasteiger partial charge in [-0.3, -0.25) is 0 Å². The molecule has 0 aliphatic rings. The average Bonchev–Trinajstić information content (AvgIpc) is 2.46. The SMILES string of the molecule is CNCCCCNCCc1cccc2ccccc12. The van der Waals surface area contributed by atoms with Gasteiger partial charge in [-0.2, -0.15) is 0 Å². The lowest BCUT2D eigenvalue weighted by Crippen LogP contribution is -2.19. The van der Waals surface area contributed by atoms with Gasteiger partial charge in [-0.1, -0.05) is 42.5 Å². The summed E-state index contributed by atoms with van der Waals surface area (Å²) in [6, 6.07) is 15.2. The van der Waals surface area contributed by atoms with E-state index in [0.29, 0.717) is 0 Å². The van der Waals surface area contributed by atoms with Crippen LogP contribution in [0.3, 0.4) is 0 Å². The lowest BCUT2D eigenvalue weighted by molar-refractivity contribution is 0.606. The summed E-state index contributed by atoms with van der Waals surface area (Å²) in [5.74, 6) is 0. The molecule has 2 aromatic rings. The highest BCUT2D eigenvalue weighted by Crippen LogP contribution is 2.18. The van der Waals surface area contributed by atoms with Crippen LogP contribution in [0.4, 0.5) is 0 Å². The quantitative estimate of drug-likeness (QED) is 0.710. The molecule has 0 radical (unpaired) electrons. The van der Waals surface area contributed by atoms with Crippen LogP contribution in [0.1, 0.15) is 18.4 Å². The fraction of sp³-hybridized carbons (Fsp3) is 0.412. The highest BCUT2D eigenvalue weighted by atomic mass is 14.8. The molecule has 0 bridgehead atoms. The summed E-state index contributed by atoms with van der Waals surface area (Å²) in [6.45, 7) is 3.30. The maximum atomic E-state index is 3.53. The number of hydrogen-bond acceptors (Lipinski definition) is 2. The highest BCUT2D eigenvalue weighted by Gasteiger charge is 1.99. The van der Waals surface area contributed by atoms with Crippen molar-refractivity contribution in [3.05, 3.63) is 48.0 Å². The first-order valence-corrected chi connectivity index (χ1v) is 7.24. The van der Waals surface area contributed by atoms with Crippen LogP contribution in [0.25, 0.3) is 10.8 Å². The molecular formula is C17H24N2. The smallest absolute Gasteiger partial charge is 0.000813 e. The summed E-state index contributed by atoms with van der Waals surface area (Å²) in [7, 11) is 2.01. The maximum absolute atomic E-state index is 3.53. The number of fused-ring (bicyclic) bond motifs is 1. The molecule has 2 heteroatoms. The highest BCUT2D eigenvalue weighted by molar-refractivity contribution is 5.85. The van der Waals surface area contributed by atoms with Crippen molar-refractivity contribution in [2.24, 2.45) is 0 Å². The van der Waals surface area contributed by atoms with E-state index in [1.165, 1.54) is 29.2 Å². The molecule has 0 saturated heterocycles. The lowest BCUT2D eigenvalue weighted by Gasteiger charge is -2.08.